The van der Waals surface area contributed by atoms with Gasteiger partial charge in [0.05, 0.1) is 13.2 Å². The Labute approximate surface area is 116 Å². The number of hydrogen-bond acceptors (Lipinski definition) is 6. The maximum absolute atomic E-state index is 11.6. The minimum atomic E-state index is -0.468. The molecule has 1 saturated heterocycles. The summed E-state index contributed by atoms with van der Waals surface area (Å²) in [5.41, 5.74) is 3.53. The molecule has 1 aromatic rings. The van der Waals surface area contributed by atoms with Crippen molar-refractivity contribution in [3.05, 3.63) is 23.8 Å². The molecule has 0 radical (unpaired) electrons. The third-order valence-corrected chi connectivity index (χ3v) is 3.07. The number of amides is 1. The van der Waals surface area contributed by atoms with Gasteiger partial charge in [-0.3, -0.25) is 5.43 Å². The van der Waals surface area contributed by atoms with Gasteiger partial charge in [0.15, 0.2) is 11.5 Å². The number of hydrazine groups is 1. The van der Waals surface area contributed by atoms with Crippen molar-refractivity contribution >= 4 is 6.09 Å². The van der Waals surface area contributed by atoms with E-state index in [1.165, 1.54) is 0 Å². The number of hydrogen-bond donors (Lipinski definition) is 1. The Kier molecular flexibility index (Phi) is 3.89. The molecule has 1 amide bonds. The van der Waals surface area contributed by atoms with Gasteiger partial charge in [0.2, 0.25) is 6.79 Å². The normalized spacial score (nSPS) is 17.8. The van der Waals surface area contributed by atoms with E-state index in [-0.39, 0.29) is 13.4 Å². The van der Waals surface area contributed by atoms with Gasteiger partial charge >= 0.3 is 6.09 Å². The summed E-state index contributed by atoms with van der Waals surface area (Å²) in [5, 5.41) is 1.78. The van der Waals surface area contributed by atoms with Crippen molar-refractivity contribution in [1.82, 2.24) is 10.4 Å². The van der Waals surface area contributed by atoms with E-state index in [2.05, 4.69) is 5.43 Å². The highest BCUT2D eigenvalue weighted by atomic mass is 16.7. The van der Waals surface area contributed by atoms with Gasteiger partial charge in [-0.1, -0.05) is 6.07 Å². The number of ether oxygens (including phenoxy) is 4. The van der Waals surface area contributed by atoms with Gasteiger partial charge < -0.3 is 18.9 Å². The van der Waals surface area contributed by atoms with Gasteiger partial charge in [0.25, 0.3) is 0 Å². The number of carbonyl (C=O) groups is 1. The van der Waals surface area contributed by atoms with E-state index >= 15 is 0 Å². The third kappa shape index (κ3) is 3.12. The maximum atomic E-state index is 11.6. The fraction of sp³-hybridized carbons (Fsp3) is 0.462. The van der Waals surface area contributed by atoms with Gasteiger partial charge in [-0.2, -0.15) is 0 Å². The van der Waals surface area contributed by atoms with E-state index in [1.807, 2.05) is 12.1 Å². The van der Waals surface area contributed by atoms with Crippen LogP contribution in [-0.2, 0) is 16.1 Å². The van der Waals surface area contributed by atoms with Crippen LogP contribution in [0.3, 0.4) is 0 Å². The lowest BCUT2D eigenvalue weighted by Gasteiger charge is -2.26. The lowest BCUT2D eigenvalue weighted by Crippen LogP contribution is -2.48. The highest BCUT2D eigenvalue weighted by molar-refractivity contribution is 5.66. The van der Waals surface area contributed by atoms with Crippen molar-refractivity contribution in [2.45, 2.75) is 6.61 Å². The zero-order chi connectivity index (χ0) is 13.8. The molecule has 108 valence electrons. The van der Waals surface area contributed by atoms with Crippen LogP contribution in [0.1, 0.15) is 5.56 Å². The molecule has 1 N–H and O–H groups in total. The Morgan fingerprint density at radius 2 is 2.05 bits per heavy atom. The van der Waals surface area contributed by atoms with Crippen LogP contribution in [0.25, 0.3) is 0 Å². The number of carbonyl (C=O) groups excluding carboxylic acids is 1. The number of fused-ring (bicyclic) bond motifs is 1. The first-order valence-corrected chi connectivity index (χ1v) is 6.46. The fourth-order valence-electron chi connectivity index (χ4n) is 2.02. The summed E-state index contributed by atoms with van der Waals surface area (Å²) in [7, 11) is 0. The molecule has 1 aromatic carbocycles. The SMILES string of the molecule is O=C(NN1CCOCC1)OCc1ccc2c(c1)OCO2. The van der Waals surface area contributed by atoms with Crippen molar-refractivity contribution in [2.24, 2.45) is 0 Å². The molecule has 0 atom stereocenters. The van der Waals surface area contributed by atoms with Crippen LogP contribution in [0.2, 0.25) is 0 Å². The van der Waals surface area contributed by atoms with Gasteiger partial charge in [0, 0.05) is 13.1 Å². The average molecular weight is 280 g/mol. The molecule has 20 heavy (non-hydrogen) atoms. The second-order valence-corrected chi connectivity index (χ2v) is 4.47. The Morgan fingerprint density at radius 1 is 1.25 bits per heavy atom. The second kappa shape index (κ2) is 5.98. The van der Waals surface area contributed by atoms with Crippen LogP contribution in [-0.4, -0.2) is 44.2 Å². The first-order chi connectivity index (χ1) is 9.81. The molecule has 1 fully saturated rings. The molecule has 3 rings (SSSR count). The molecule has 0 bridgehead atoms. The Morgan fingerprint density at radius 3 is 2.90 bits per heavy atom. The summed E-state index contributed by atoms with van der Waals surface area (Å²) in [6.07, 6.45) is -0.468. The Bertz CT molecular complexity index is 488. The zero-order valence-electron chi connectivity index (χ0n) is 11.0. The molecular formula is C13H16N2O5. The van der Waals surface area contributed by atoms with Crippen molar-refractivity contribution in [1.29, 1.82) is 0 Å². The van der Waals surface area contributed by atoms with Crippen LogP contribution in [0.4, 0.5) is 4.79 Å². The van der Waals surface area contributed by atoms with E-state index in [1.54, 1.807) is 11.1 Å². The summed E-state index contributed by atoms with van der Waals surface area (Å²) in [4.78, 5) is 11.6. The van der Waals surface area contributed by atoms with Crippen molar-refractivity contribution in [2.75, 3.05) is 33.1 Å². The minimum absolute atomic E-state index is 0.187. The van der Waals surface area contributed by atoms with Crippen molar-refractivity contribution in [3.8, 4) is 11.5 Å². The molecule has 0 aromatic heterocycles. The highest BCUT2D eigenvalue weighted by Crippen LogP contribution is 2.32. The molecule has 0 saturated carbocycles. The third-order valence-electron chi connectivity index (χ3n) is 3.07. The average Bonchev–Trinajstić information content (AvgIpc) is 2.93. The van der Waals surface area contributed by atoms with Crippen molar-refractivity contribution in [3.63, 3.8) is 0 Å². The van der Waals surface area contributed by atoms with E-state index in [0.29, 0.717) is 37.8 Å². The van der Waals surface area contributed by atoms with Gasteiger partial charge in [-0.15, -0.1) is 0 Å². The second-order valence-electron chi connectivity index (χ2n) is 4.47. The number of rotatable bonds is 3. The summed E-state index contributed by atoms with van der Waals surface area (Å²) in [6, 6.07) is 5.46. The molecular weight excluding hydrogens is 264 g/mol. The molecule has 2 aliphatic rings. The lowest BCUT2D eigenvalue weighted by molar-refractivity contribution is 0.00912. The summed E-state index contributed by atoms with van der Waals surface area (Å²) < 4.78 is 20.8. The Balaban J connectivity index is 1.47. The quantitative estimate of drug-likeness (QED) is 0.886. The number of morpholine rings is 1. The number of benzene rings is 1. The predicted octanol–water partition coefficient (Wildman–Crippen LogP) is 0.889. The Hall–Kier alpha value is -1.99. The first-order valence-electron chi connectivity index (χ1n) is 6.46. The largest absolute Gasteiger partial charge is 0.454 e. The molecule has 0 spiro atoms. The van der Waals surface area contributed by atoms with Crippen LogP contribution >= 0.6 is 0 Å². The van der Waals surface area contributed by atoms with Crippen LogP contribution in [0.5, 0.6) is 11.5 Å². The smallest absolute Gasteiger partial charge is 0.422 e. The van der Waals surface area contributed by atoms with Crippen LogP contribution in [0.15, 0.2) is 18.2 Å². The fourth-order valence-corrected chi connectivity index (χ4v) is 2.02. The number of nitrogens with one attached hydrogen (secondary N) is 1. The van der Waals surface area contributed by atoms with Crippen LogP contribution < -0.4 is 14.9 Å². The highest BCUT2D eigenvalue weighted by Gasteiger charge is 2.15. The molecule has 2 heterocycles. The molecule has 0 aliphatic carbocycles. The minimum Gasteiger partial charge on any atom is -0.454 e. The summed E-state index contributed by atoms with van der Waals surface area (Å²) in [5.74, 6) is 1.39. The van der Waals surface area contributed by atoms with Crippen molar-refractivity contribution < 1.29 is 23.7 Å². The van der Waals surface area contributed by atoms with E-state index < -0.39 is 6.09 Å². The van der Waals surface area contributed by atoms with E-state index in [4.69, 9.17) is 18.9 Å². The van der Waals surface area contributed by atoms with Gasteiger partial charge in [0.1, 0.15) is 6.61 Å². The maximum Gasteiger partial charge on any atom is 0.422 e. The van der Waals surface area contributed by atoms with E-state index in [9.17, 15) is 4.79 Å². The van der Waals surface area contributed by atoms with Gasteiger partial charge in [-0.05, 0) is 17.7 Å². The van der Waals surface area contributed by atoms with Gasteiger partial charge in [-0.25, -0.2) is 9.80 Å². The molecule has 2 aliphatic heterocycles. The zero-order valence-corrected chi connectivity index (χ0v) is 11.0. The topological polar surface area (TPSA) is 69.3 Å². The standard InChI is InChI=1S/C13H16N2O5/c16-13(14-15-3-5-17-6-4-15)18-8-10-1-2-11-12(7-10)20-9-19-11/h1-2,7H,3-6,8-9H2,(H,14,16). The number of nitrogens with zero attached hydrogens (tertiary/aromatic N) is 1. The summed E-state index contributed by atoms with van der Waals surface area (Å²) in [6.45, 7) is 2.98. The molecule has 0 unspecified atom stereocenters. The first kappa shape index (κ1) is 13.0. The van der Waals surface area contributed by atoms with Crippen LogP contribution in [0, 0.1) is 0 Å². The lowest BCUT2D eigenvalue weighted by atomic mass is 10.2. The molecule has 7 heteroatoms. The molecule has 7 nitrogen and oxygen atoms in total. The van der Waals surface area contributed by atoms with E-state index in [0.717, 1.165) is 5.56 Å². The monoisotopic (exact) mass is 280 g/mol. The summed E-state index contributed by atoms with van der Waals surface area (Å²) >= 11 is 0. The predicted molar refractivity (Wildman–Crippen MR) is 68.3 cm³/mol.